The molecule has 0 aliphatic rings. The van der Waals surface area contributed by atoms with Crippen LogP contribution in [0.15, 0.2) is 30.6 Å². The van der Waals surface area contributed by atoms with Crippen LogP contribution in [0.25, 0.3) is 0 Å². The van der Waals surface area contributed by atoms with Crippen LogP contribution in [0.1, 0.15) is 0 Å². The van der Waals surface area contributed by atoms with Gasteiger partial charge in [0, 0.05) is 19.1 Å². The second-order valence-electron chi connectivity index (χ2n) is 1.86. The van der Waals surface area contributed by atoms with Crippen LogP contribution in [-0.4, -0.2) is 21.4 Å². The molecule has 5 heteroatoms. The Bertz CT molecular complexity index is 186. The third-order valence-corrected chi connectivity index (χ3v) is 0.566. The van der Waals surface area contributed by atoms with Crippen LogP contribution < -0.4 is 0 Å². The molecule has 1 heterocycles. The second-order valence-corrected chi connectivity index (χ2v) is 3.53. The van der Waals surface area contributed by atoms with E-state index in [9.17, 15) is 4.57 Å². The molecule has 0 aliphatic heterocycles. The Balaban J connectivity index is 0.000000187. The molecule has 1 aromatic heterocycles. The Morgan fingerprint density at radius 1 is 1.18 bits per heavy atom. The van der Waals surface area contributed by atoms with E-state index in [1.807, 2.05) is 18.2 Å². The number of aromatic nitrogens is 1. The Morgan fingerprint density at radius 3 is 1.64 bits per heavy atom. The molecular weight excluding hydrogens is 165 g/mol. The van der Waals surface area contributed by atoms with Crippen molar-refractivity contribution >= 4 is 7.60 Å². The van der Waals surface area contributed by atoms with Crippen LogP contribution in [0.4, 0.5) is 0 Å². The Labute approximate surface area is 65.1 Å². The van der Waals surface area contributed by atoms with E-state index in [0.717, 1.165) is 6.66 Å². The summed E-state index contributed by atoms with van der Waals surface area (Å²) in [4.78, 5) is 19.0. The molecule has 0 unspecified atom stereocenters. The largest absolute Gasteiger partial charge is 0.325 e. The highest BCUT2D eigenvalue weighted by Gasteiger charge is 1.95. The molecule has 0 atom stereocenters. The smallest absolute Gasteiger partial charge is 0.322 e. The fourth-order valence-electron chi connectivity index (χ4n) is 0.313. The zero-order valence-electron chi connectivity index (χ0n) is 6.08. The first-order chi connectivity index (χ1) is 5.00. The quantitative estimate of drug-likeness (QED) is 0.574. The van der Waals surface area contributed by atoms with Gasteiger partial charge in [-0.15, -0.1) is 0 Å². The lowest BCUT2D eigenvalue weighted by atomic mass is 10.5. The van der Waals surface area contributed by atoms with Crippen LogP contribution in [0.3, 0.4) is 0 Å². The maximum atomic E-state index is 9.33. The van der Waals surface area contributed by atoms with Crippen LogP contribution >= 0.6 is 7.60 Å². The third-order valence-electron chi connectivity index (χ3n) is 0.566. The fraction of sp³-hybridized carbons (Fsp3) is 0.167. The summed E-state index contributed by atoms with van der Waals surface area (Å²) in [7, 11) is -3.64. The van der Waals surface area contributed by atoms with Crippen LogP contribution in [0, 0.1) is 0 Å². The molecule has 0 spiro atoms. The van der Waals surface area contributed by atoms with Crippen molar-refractivity contribution in [2.45, 2.75) is 0 Å². The van der Waals surface area contributed by atoms with Gasteiger partial charge in [0.25, 0.3) is 0 Å². The zero-order chi connectivity index (χ0) is 8.74. The predicted octanol–water partition coefficient (Wildman–Crippen LogP) is 0.875. The molecule has 0 bridgehead atoms. The highest BCUT2D eigenvalue weighted by molar-refractivity contribution is 7.50. The second kappa shape index (κ2) is 5.02. The van der Waals surface area contributed by atoms with Gasteiger partial charge in [0.15, 0.2) is 0 Å². The summed E-state index contributed by atoms with van der Waals surface area (Å²) in [6.07, 6.45) is 3.50. The number of rotatable bonds is 0. The molecule has 0 radical (unpaired) electrons. The first kappa shape index (κ1) is 10.3. The van der Waals surface area contributed by atoms with Gasteiger partial charge in [-0.2, -0.15) is 0 Å². The summed E-state index contributed by atoms with van der Waals surface area (Å²) in [6.45, 7) is 0.854. The molecule has 0 aliphatic carbocycles. The van der Waals surface area contributed by atoms with E-state index in [1.54, 1.807) is 12.4 Å². The highest BCUT2D eigenvalue weighted by atomic mass is 31.2. The first-order valence-electron chi connectivity index (χ1n) is 2.88. The van der Waals surface area contributed by atoms with Gasteiger partial charge in [-0.1, -0.05) is 6.07 Å². The summed E-state index contributed by atoms with van der Waals surface area (Å²) < 4.78 is 9.33. The van der Waals surface area contributed by atoms with Crippen LogP contribution in [-0.2, 0) is 4.57 Å². The van der Waals surface area contributed by atoms with E-state index >= 15 is 0 Å². The van der Waals surface area contributed by atoms with Gasteiger partial charge in [-0.05, 0) is 12.1 Å². The van der Waals surface area contributed by atoms with Crippen molar-refractivity contribution in [1.29, 1.82) is 0 Å². The number of pyridine rings is 1. The molecule has 1 rings (SSSR count). The average molecular weight is 175 g/mol. The van der Waals surface area contributed by atoms with Gasteiger partial charge in [0.05, 0.1) is 0 Å². The van der Waals surface area contributed by atoms with Gasteiger partial charge in [0.2, 0.25) is 0 Å². The summed E-state index contributed by atoms with van der Waals surface area (Å²) in [5.41, 5.74) is 0. The van der Waals surface area contributed by atoms with Gasteiger partial charge >= 0.3 is 7.60 Å². The molecule has 11 heavy (non-hydrogen) atoms. The van der Waals surface area contributed by atoms with Gasteiger partial charge < -0.3 is 9.79 Å². The Morgan fingerprint density at radius 2 is 1.55 bits per heavy atom. The Hall–Kier alpha value is -0.700. The molecule has 0 fully saturated rings. The topological polar surface area (TPSA) is 70.4 Å². The zero-order valence-corrected chi connectivity index (χ0v) is 6.98. The molecular formula is C6H10NO3P. The lowest BCUT2D eigenvalue weighted by Gasteiger charge is -1.84. The van der Waals surface area contributed by atoms with Gasteiger partial charge in [-0.3, -0.25) is 9.55 Å². The molecule has 62 valence electrons. The van der Waals surface area contributed by atoms with Crippen molar-refractivity contribution in [3.05, 3.63) is 30.6 Å². The van der Waals surface area contributed by atoms with Crippen LogP contribution in [0.5, 0.6) is 0 Å². The highest BCUT2D eigenvalue weighted by Crippen LogP contribution is 2.26. The van der Waals surface area contributed by atoms with Crippen molar-refractivity contribution in [3.63, 3.8) is 0 Å². The average Bonchev–Trinajstić information content (AvgIpc) is 1.88. The fourth-order valence-corrected chi connectivity index (χ4v) is 0.313. The molecule has 0 saturated heterocycles. The maximum Gasteiger partial charge on any atom is 0.322 e. The van der Waals surface area contributed by atoms with E-state index in [-0.39, 0.29) is 0 Å². The summed E-state index contributed by atoms with van der Waals surface area (Å²) in [5, 5.41) is 0. The normalized spacial score (nSPS) is 9.73. The Kier molecular flexibility index (Phi) is 4.70. The summed E-state index contributed by atoms with van der Waals surface area (Å²) >= 11 is 0. The number of hydrogen-bond donors (Lipinski definition) is 2. The van der Waals surface area contributed by atoms with Crippen molar-refractivity contribution in [1.82, 2.24) is 4.98 Å². The first-order valence-corrected chi connectivity index (χ1v) is 4.94. The van der Waals surface area contributed by atoms with E-state index in [4.69, 9.17) is 9.79 Å². The molecule has 1 aromatic rings. The van der Waals surface area contributed by atoms with E-state index in [1.165, 1.54) is 0 Å². The minimum Gasteiger partial charge on any atom is -0.325 e. The van der Waals surface area contributed by atoms with Gasteiger partial charge in [-0.25, -0.2) is 0 Å². The number of nitrogens with zero attached hydrogens (tertiary/aromatic N) is 1. The van der Waals surface area contributed by atoms with E-state index in [2.05, 4.69) is 4.98 Å². The predicted molar refractivity (Wildman–Crippen MR) is 42.2 cm³/mol. The van der Waals surface area contributed by atoms with Crippen LogP contribution in [0.2, 0.25) is 0 Å². The minimum absolute atomic E-state index is 0.854. The molecule has 0 aromatic carbocycles. The van der Waals surface area contributed by atoms with Gasteiger partial charge in [0.1, 0.15) is 0 Å². The standard InChI is InChI=1S/C5H5N.CH5O3P/c1-2-4-6-5-3-1;1-5(2,3)4/h1-5H;1H3,(H2,2,3,4). The van der Waals surface area contributed by atoms with Crippen molar-refractivity contribution < 1.29 is 14.4 Å². The van der Waals surface area contributed by atoms with E-state index < -0.39 is 7.60 Å². The third kappa shape index (κ3) is 17.6. The lowest BCUT2D eigenvalue weighted by Crippen LogP contribution is -1.64. The number of hydrogen-bond acceptors (Lipinski definition) is 2. The molecule has 0 amide bonds. The molecule has 4 nitrogen and oxygen atoms in total. The lowest BCUT2D eigenvalue weighted by molar-refractivity contribution is 0.381. The monoisotopic (exact) mass is 175 g/mol. The SMILES string of the molecule is CP(=O)(O)O.c1ccncc1. The van der Waals surface area contributed by atoms with E-state index in [0.29, 0.717) is 0 Å². The van der Waals surface area contributed by atoms with Crippen molar-refractivity contribution in [3.8, 4) is 0 Å². The van der Waals surface area contributed by atoms with Crippen molar-refractivity contribution in [2.24, 2.45) is 0 Å². The maximum absolute atomic E-state index is 9.33. The molecule has 0 saturated carbocycles. The summed E-state index contributed by atoms with van der Waals surface area (Å²) in [5.74, 6) is 0. The van der Waals surface area contributed by atoms with Crippen molar-refractivity contribution in [2.75, 3.05) is 6.66 Å². The molecule has 2 N–H and O–H groups in total. The minimum atomic E-state index is -3.64. The summed E-state index contributed by atoms with van der Waals surface area (Å²) in [6, 6.07) is 5.72.